The van der Waals surface area contributed by atoms with E-state index in [-0.39, 0.29) is 17.6 Å². The molecule has 1 aromatic carbocycles. The summed E-state index contributed by atoms with van der Waals surface area (Å²) in [5.41, 5.74) is 6.50. The van der Waals surface area contributed by atoms with Crippen molar-refractivity contribution in [1.29, 1.82) is 0 Å². The number of ether oxygens (including phenoxy) is 1. The summed E-state index contributed by atoms with van der Waals surface area (Å²) in [6.07, 6.45) is 0.684. The predicted molar refractivity (Wildman–Crippen MR) is 73.7 cm³/mol. The molecule has 2 unspecified atom stereocenters. The fourth-order valence-electron chi connectivity index (χ4n) is 2.34. The largest absolute Gasteiger partial charge is 0.478 e. The molecule has 6 heteroatoms. The van der Waals surface area contributed by atoms with E-state index in [1.807, 2.05) is 0 Å². The van der Waals surface area contributed by atoms with Gasteiger partial charge in [0.1, 0.15) is 6.10 Å². The van der Waals surface area contributed by atoms with Crippen molar-refractivity contribution >= 4 is 17.6 Å². The number of carboxylic acids is 1. The van der Waals surface area contributed by atoms with Crippen LogP contribution in [-0.4, -0.2) is 35.7 Å². The van der Waals surface area contributed by atoms with Crippen LogP contribution < -0.4 is 11.1 Å². The van der Waals surface area contributed by atoms with Crippen molar-refractivity contribution in [2.75, 3.05) is 11.9 Å². The number of hydrogen-bond acceptors (Lipinski definition) is 4. The van der Waals surface area contributed by atoms with Gasteiger partial charge < -0.3 is 20.9 Å². The van der Waals surface area contributed by atoms with E-state index in [1.54, 1.807) is 25.1 Å². The first-order valence-corrected chi connectivity index (χ1v) is 6.52. The van der Waals surface area contributed by atoms with Gasteiger partial charge in [-0.15, -0.1) is 0 Å². The molecule has 1 aliphatic rings. The van der Waals surface area contributed by atoms with E-state index in [9.17, 15) is 14.7 Å². The highest BCUT2D eigenvalue weighted by Gasteiger charge is 2.30. The Morgan fingerprint density at radius 2 is 2.20 bits per heavy atom. The highest BCUT2D eigenvalue weighted by molar-refractivity contribution is 6.02. The van der Waals surface area contributed by atoms with E-state index >= 15 is 0 Å². The molecule has 2 rings (SSSR count). The van der Waals surface area contributed by atoms with Gasteiger partial charge in [0, 0.05) is 6.54 Å². The average molecular weight is 278 g/mol. The number of amides is 1. The second kappa shape index (κ2) is 6.02. The third-order valence-electron chi connectivity index (χ3n) is 3.41. The molecule has 1 fully saturated rings. The van der Waals surface area contributed by atoms with Gasteiger partial charge in [0.15, 0.2) is 0 Å². The lowest BCUT2D eigenvalue weighted by Crippen LogP contribution is -2.30. The second-order valence-electron chi connectivity index (χ2n) is 4.85. The van der Waals surface area contributed by atoms with Gasteiger partial charge in [0.2, 0.25) is 0 Å². The number of carbonyl (C=O) groups excluding carboxylic acids is 1. The fraction of sp³-hybridized carbons (Fsp3) is 0.429. The van der Waals surface area contributed by atoms with Gasteiger partial charge in [-0.1, -0.05) is 12.1 Å². The highest BCUT2D eigenvalue weighted by Crippen LogP contribution is 2.23. The number of carboxylic acid groups (broad SMARTS) is 1. The molecular formula is C14H18N2O4. The van der Waals surface area contributed by atoms with E-state index in [0.29, 0.717) is 24.2 Å². The molecule has 0 radical (unpaired) electrons. The molecule has 20 heavy (non-hydrogen) atoms. The van der Waals surface area contributed by atoms with Crippen molar-refractivity contribution in [3.63, 3.8) is 0 Å². The molecule has 1 aromatic rings. The van der Waals surface area contributed by atoms with Crippen molar-refractivity contribution in [2.45, 2.75) is 32.0 Å². The van der Waals surface area contributed by atoms with Crippen LogP contribution in [0, 0.1) is 6.92 Å². The third-order valence-corrected chi connectivity index (χ3v) is 3.41. The smallest absolute Gasteiger partial charge is 0.338 e. The van der Waals surface area contributed by atoms with E-state index in [1.165, 1.54) is 0 Å². The van der Waals surface area contributed by atoms with E-state index in [2.05, 4.69) is 5.32 Å². The summed E-state index contributed by atoms with van der Waals surface area (Å²) in [6, 6.07) is 4.97. The van der Waals surface area contributed by atoms with Crippen LogP contribution >= 0.6 is 0 Å². The number of benzene rings is 1. The van der Waals surface area contributed by atoms with Crippen molar-refractivity contribution in [3.8, 4) is 0 Å². The number of aryl methyl sites for hydroxylation is 1. The summed E-state index contributed by atoms with van der Waals surface area (Å²) in [4.78, 5) is 23.3. The molecule has 4 N–H and O–H groups in total. The van der Waals surface area contributed by atoms with Crippen LogP contribution in [0.1, 0.15) is 28.8 Å². The summed E-state index contributed by atoms with van der Waals surface area (Å²) in [7, 11) is 0. The Kier molecular flexibility index (Phi) is 4.36. The molecule has 2 atom stereocenters. The monoisotopic (exact) mass is 278 g/mol. The summed E-state index contributed by atoms with van der Waals surface area (Å²) in [6.45, 7) is 2.07. The molecule has 0 aromatic heterocycles. The topological polar surface area (TPSA) is 102 Å². The minimum Gasteiger partial charge on any atom is -0.478 e. The normalized spacial score (nSPS) is 21.7. The molecule has 0 aliphatic carbocycles. The van der Waals surface area contributed by atoms with Crippen LogP contribution in [0.25, 0.3) is 0 Å². The zero-order valence-corrected chi connectivity index (χ0v) is 11.3. The Morgan fingerprint density at radius 1 is 1.45 bits per heavy atom. The number of hydrogen-bond donors (Lipinski definition) is 3. The number of nitrogens with one attached hydrogen (secondary N) is 1. The van der Waals surface area contributed by atoms with Crippen LogP contribution in [0.3, 0.4) is 0 Å². The second-order valence-corrected chi connectivity index (χ2v) is 4.85. The van der Waals surface area contributed by atoms with Crippen molar-refractivity contribution in [3.05, 3.63) is 29.3 Å². The van der Waals surface area contributed by atoms with Gasteiger partial charge in [-0.25, -0.2) is 4.79 Å². The molecule has 1 aliphatic heterocycles. The maximum absolute atomic E-state index is 12.1. The van der Waals surface area contributed by atoms with Crippen molar-refractivity contribution in [1.82, 2.24) is 0 Å². The summed E-state index contributed by atoms with van der Waals surface area (Å²) < 4.78 is 5.49. The molecule has 0 bridgehead atoms. The minimum absolute atomic E-state index is 0.0952. The van der Waals surface area contributed by atoms with E-state index in [4.69, 9.17) is 10.5 Å². The third kappa shape index (κ3) is 2.97. The van der Waals surface area contributed by atoms with Crippen LogP contribution in [0.2, 0.25) is 0 Å². The molecular weight excluding hydrogens is 260 g/mol. The Bertz CT molecular complexity index is 530. The lowest BCUT2D eigenvalue weighted by Gasteiger charge is -2.14. The Morgan fingerprint density at radius 3 is 2.80 bits per heavy atom. The predicted octanol–water partition coefficient (Wildman–Crippen LogP) is 1.14. The molecule has 6 nitrogen and oxygen atoms in total. The first kappa shape index (κ1) is 14.5. The van der Waals surface area contributed by atoms with Crippen molar-refractivity contribution < 1.29 is 19.4 Å². The maximum atomic E-state index is 12.1. The molecule has 1 amide bonds. The molecule has 0 spiro atoms. The number of carbonyl (C=O) groups is 2. The van der Waals surface area contributed by atoms with Crippen LogP contribution in [0.4, 0.5) is 5.69 Å². The Labute approximate surface area is 116 Å². The molecule has 0 saturated carbocycles. The van der Waals surface area contributed by atoms with Gasteiger partial charge >= 0.3 is 5.97 Å². The zero-order valence-electron chi connectivity index (χ0n) is 11.3. The van der Waals surface area contributed by atoms with E-state index < -0.39 is 12.1 Å². The van der Waals surface area contributed by atoms with Gasteiger partial charge in [-0.2, -0.15) is 0 Å². The molecule has 108 valence electrons. The van der Waals surface area contributed by atoms with Gasteiger partial charge in [-0.3, -0.25) is 4.79 Å². The zero-order chi connectivity index (χ0) is 14.7. The standard InChI is InChI=1S/C14H18N2O4/c1-8-3-2-4-10(12(8)14(18)19)16-13(17)11-6-5-9(7-15)20-11/h2-4,9,11H,5-7,15H2,1H3,(H,16,17)(H,18,19). The summed E-state index contributed by atoms with van der Waals surface area (Å²) in [5, 5.41) is 11.8. The first-order chi connectivity index (χ1) is 9.52. The molecule has 1 heterocycles. The molecule has 1 saturated heterocycles. The quantitative estimate of drug-likeness (QED) is 0.766. The van der Waals surface area contributed by atoms with Gasteiger partial charge in [0.05, 0.1) is 17.4 Å². The Hall–Kier alpha value is -1.92. The lowest BCUT2D eigenvalue weighted by atomic mass is 10.1. The first-order valence-electron chi connectivity index (χ1n) is 6.52. The average Bonchev–Trinajstić information content (AvgIpc) is 2.87. The maximum Gasteiger partial charge on any atom is 0.338 e. The van der Waals surface area contributed by atoms with E-state index in [0.717, 1.165) is 6.42 Å². The fourth-order valence-corrected chi connectivity index (χ4v) is 2.34. The van der Waals surface area contributed by atoms with Crippen LogP contribution in [-0.2, 0) is 9.53 Å². The lowest BCUT2D eigenvalue weighted by molar-refractivity contribution is -0.126. The number of rotatable bonds is 4. The summed E-state index contributed by atoms with van der Waals surface area (Å²) in [5.74, 6) is -1.39. The van der Waals surface area contributed by atoms with Gasteiger partial charge in [0.25, 0.3) is 5.91 Å². The number of anilines is 1. The SMILES string of the molecule is Cc1cccc(NC(=O)C2CCC(CN)O2)c1C(=O)O. The minimum atomic E-state index is -1.06. The van der Waals surface area contributed by atoms with Crippen LogP contribution in [0.5, 0.6) is 0 Å². The number of nitrogens with two attached hydrogens (primary N) is 1. The van der Waals surface area contributed by atoms with Crippen molar-refractivity contribution in [2.24, 2.45) is 5.73 Å². The number of aromatic carboxylic acids is 1. The highest BCUT2D eigenvalue weighted by atomic mass is 16.5. The summed E-state index contributed by atoms with van der Waals surface area (Å²) >= 11 is 0. The Balaban J connectivity index is 2.13. The van der Waals surface area contributed by atoms with Gasteiger partial charge in [-0.05, 0) is 31.4 Å². The van der Waals surface area contributed by atoms with Crippen LogP contribution in [0.15, 0.2) is 18.2 Å².